The molecule has 0 N–H and O–H groups in total. The summed E-state index contributed by atoms with van der Waals surface area (Å²) in [4.78, 5) is 0.289. The Morgan fingerprint density at radius 3 is 2.32 bits per heavy atom. The lowest BCUT2D eigenvalue weighted by Crippen LogP contribution is -2.35. The Balaban J connectivity index is 3.04. The third-order valence-electron chi connectivity index (χ3n) is 2.70. The molecule has 0 spiro atoms. The maximum Gasteiger partial charge on any atom is 0.243 e. The molecule has 0 radical (unpaired) electrons. The standard InChI is InChI=1S/C14H20N2O2S/c1-12(2)11-16(10-4-9-15)19(17,18)14-7-5-13(3)6-8-14/h5-8,12H,4,10-11H2,1-3H3. The number of hydrogen-bond donors (Lipinski definition) is 0. The minimum atomic E-state index is -3.50. The van der Waals surface area contributed by atoms with Crippen molar-refractivity contribution in [2.75, 3.05) is 13.1 Å². The molecule has 1 aromatic rings. The van der Waals surface area contributed by atoms with E-state index < -0.39 is 10.0 Å². The lowest BCUT2D eigenvalue weighted by atomic mass is 10.2. The minimum Gasteiger partial charge on any atom is -0.207 e. The van der Waals surface area contributed by atoms with Crippen molar-refractivity contribution in [3.05, 3.63) is 29.8 Å². The van der Waals surface area contributed by atoms with Crippen LogP contribution >= 0.6 is 0 Å². The predicted molar refractivity (Wildman–Crippen MR) is 75.0 cm³/mol. The van der Waals surface area contributed by atoms with E-state index in [1.165, 1.54) is 4.31 Å². The number of benzene rings is 1. The minimum absolute atomic E-state index is 0.206. The summed E-state index contributed by atoms with van der Waals surface area (Å²) in [6.07, 6.45) is 0.206. The Bertz CT molecular complexity index is 542. The lowest BCUT2D eigenvalue weighted by molar-refractivity contribution is 0.373. The summed E-state index contributed by atoms with van der Waals surface area (Å²) in [5.74, 6) is 0.221. The van der Waals surface area contributed by atoms with Gasteiger partial charge in [0.1, 0.15) is 0 Å². The molecule has 0 bridgehead atoms. The molecule has 1 rings (SSSR count). The molecule has 1 aromatic carbocycles. The van der Waals surface area contributed by atoms with Crippen LogP contribution in [0, 0.1) is 24.2 Å². The summed E-state index contributed by atoms with van der Waals surface area (Å²) in [7, 11) is -3.50. The fraction of sp³-hybridized carbons (Fsp3) is 0.500. The monoisotopic (exact) mass is 280 g/mol. The van der Waals surface area contributed by atoms with Gasteiger partial charge in [-0.25, -0.2) is 8.42 Å². The zero-order valence-electron chi connectivity index (χ0n) is 11.6. The first-order valence-corrected chi connectivity index (χ1v) is 7.75. The number of nitriles is 1. The molecule has 0 fully saturated rings. The molecule has 0 aromatic heterocycles. The average Bonchev–Trinajstić information content (AvgIpc) is 2.34. The highest BCUT2D eigenvalue weighted by atomic mass is 32.2. The van der Waals surface area contributed by atoms with Gasteiger partial charge in [-0.05, 0) is 25.0 Å². The summed E-state index contributed by atoms with van der Waals surface area (Å²) in [6.45, 7) is 6.51. The van der Waals surface area contributed by atoms with Crippen LogP contribution in [-0.2, 0) is 10.0 Å². The topological polar surface area (TPSA) is 61.2 Å². The van der Waals surface area contributed by atoms with Gasteiger partial charge in [-0.15, -0.1) is 0 Å². The van der Waals surface area contributed by atoms with Crippen molar-refractivity contribution in [2.45, 2.75) is 32.1 Å². The van der Waals surface area contributed by atoms with Gasteiger partial charge in [0.15, 0.2) is 0 Å². The smallest absolute Gasteiger partial charge is 0.207 e. The van der Waals surface area contributed by atoms with Crippen LogP contribution in [0.15, 0.2) is 29.2 Å². The first kappa shape index (κ1) is 15.7. The molecule has 0 aliphatic heterocycles. The van der Waals surface area contributed by atoms with Gasteiger partial charge in [-0.3, -0.25) is 0 Å². The fourth-order valence-corrected chi connectivity index (χ4v) is 3.36. The van der Waals surface area contributed by atoms with Crippen LogP contribution in [0.2, 0.25) is 0 Å². The number of sulfonamides is 1. The number of hydrogen-bond acceptors (Lipinski definition) is 3. The van der Waals surface area contributed by atoms with E-state index in [0.717, 1.165) is 5.56 Å². The van der Waals surface area contributed by atoms with Crippen LogP contribution in [0.5, 0.6) is 0 Å². The van der Waals surface area contributed by atoms with E-state index in [0.29, 0.717) is 6.54 Å². The molecule has 4 nitrogen and oxygen atoms in total. The van der Waals surface area contributed by atoms with E-state index in [4.69, 9.17) is 5.26 Å². The van der Waals surface area contributed by atoms with Crippen LogP contribution in [0.25, 0.3) is 0 Å². The maximum atomic E-state index is 12.5. The average molecular weight is 280 g/mol. The van der Waals surface area contributed by atoms with E-state index in [1.54, 1.807) is 24.3 Å². The van der Waals surface area contributed by atoms with Crippen molar-refractivity contribution < 1.29 is 8.42 Å². The number of nitrogens with zero attached hydrogens (tertiary/aromatic N) is 2. The molecule has 5 heteroatoms. The van der Waals surface area contributed by atoms with Crippen LogP contribution in [-0.4, -0.2) is 25.8 Å². The van der Waals surface area contributed by atoms with Gasteiger partial charge < -0.3 is 0 Å². The van der Waals surface area contributed by atoms with Gasteiger partial charge in [0.05, 0.1) is 11.0 Å². The lowest BCUT2D eigenvalue weighted by Gasteiger charge is -2.23. The van der Waals surface area contributed by atoms with Gasteiger partial charge in [0.2, 0.25) is 10.0 Å². The maximum absolute atomic E-state index is 12.5. The molecule has 0 aliphatic carbocycles. The third-order valence-corrected chi connectivity index (χ3v) is 4.58. The zero-order chi connectivity index (χ0) is 14.5. The van der Waals surface area contributed by atoms with Crippen molar-refractivity contribution in [3.63, 3.8) is 0 Å². The van der Waals surface area contributed by atoms with Gasteiger partial charge in [-0.1, -0.05) is 31.5 Å². The molecule has 0 saturated carbocycles. The van der Waals surface area contributed by atoms with Crippen LogP contribution in [0.4, 0.5) is 0 Å². The predicted octanol–water partition coefficient (Wildman–Crippen LogP) is 2.56. The van der Waals surface area contributed by atoms with E-state index in [2.05, 4.69) is 0 Å². The Hall–Kier alpha value is -1.38. The Labute approximate surface area is 115 Å². The quantitative estimate of drug-likeness (QED) is 0.804. The third kappa shape index (κ3) is 4.34. The molecule has 0 unspecified atom stereocenters. The largest absolute Gasteiger partial charge is 0.243 e. The van der Waals surface area contributed by atoms with Crippen LogP contribution in [0.1, 0.15) is 25.8 Å². The molecule has 0 aliphatic rings. The van der Waals surface area contributed by atoms with Gasteiger partial charge in [0.25, 0.3) is 0 Å². The second kappa shape index (κ2) is 6.69. The molecule has 104 valence electrons. The Kier molecular flexibility index (Phi) is 5.52. The number of aryl methyl sites for hydroxylation is 1. The Morgan fingerprint density at radius 1 is 1.26 bits per heavy atom. The van der Waals surface area contributed by atoms with Gasteiger partial charge in [0, 0.05) is 19.5 Å². The summed E-state index contributed by atoms with van der Waals surface area (Å²) < 4.78 is 26.4. The zero-order valence-corrected chi connectivity index (χ0v) is 12.4. The molecular formula is C14H20N2O2S. The summed E-state index contributed by atoms with van der Waals surface area (Å²) in [6, 6.07) is 8.79. The molecule has 0 saturated heterocycles. The fourth-order valence-electron chi connectivity index (χ4n) is 1.75. The first-order valence-electron chi connectivity index (χ1n) is 6.31. The van der Waals surface area contributed by atoms with Gasteiger partial charge >= 0.3 is 0 Å². The van der Waals surface area contributed by atoms with Crippen LogP contribution in [0.3, 0.4) is 0 Å². The van der Waals surface area contributed by atoms with Crippen molar-refractivity contribution in [1.29, 1.82) is 5.26 Å². The molecule has 19 heavy (non-hydrogen) atoms. The highest BCUT2D eigenvalue weighted by Gasteiger charge is 2.24. The van der Waals surface area contributed by atoms with Gasteiger partial charge in [-0.2, -0.15) is 9.57 Å². The van der Waals surface area contributed by atoms with E-state index in [-0.39, 0.29) is 23.8 Å². The molecular weight excluding hydrogens is 260 g/mol. The second-order valence-electron chi connectivity index (χ2n) is 4.98. The highest BCUT2D eigenvalue weighted by Crippen LogP contribution is 2.18. The summed E-state index contributed by atoms with van der Waals surface area (Å²) >= 11 is 0. The summed E-state index contributed by atoms with van der Waals surface area (Å²) in [5.41, 5.74) is 1.02. The van der Waals surface area contributed by atoms with Crippen molar-refractivity contribution in [2.24, 2.45) is 5.92 Å². The van der Waals surface area contributed by atoms with Crippen molar-refractivity contribution >= 4 is 10.0 Å². The van der Waals surface area contributed by atoms with E-state index >= 15 is 0 Å². The van der Waals surface area contributed by atoms with Crippen molar-refractivity contribution in [1.82, 2.24) is 4.31 Å². The SMILES string of the molecule is Cc1ccc(S(=O)(=O)N(CCC#N)CC(C)C)cc1. The first-order chi connectivity index (χ1) is 8.87. The van der Waals surface area contributed by atoms with Crippen LogP contribution < -0.4 is 0 Å². The second-order valence-corrected chi connectivity index (χ2v) is 6.92. The van der Waals surface area contributed by atoms with E-state index in [1.807, 2.05) is 26.8 Å². The summed E-state index contributed by atoms with van der Waals surface area (Å²) in [5, 5.41) is 8.65. The molecule has 0 atom stereocenters. The Morgan fingerprint density at radius 2 is 1.84 bits per heavy atom. The molecule has 0 amide bonds. The highest BCUT2D eigenvalue weighted by molar-refractivity contribution is 7.89. The molecule has 0 heterocycles. The number of rotatable bonds is 6. The van der Waals surface area contributed by atoms with Crippen molar-refractivity contribution in [3.8, 4) is 6.07 Å². The van der Waals surface area contributed by atoms with E-state index in [9.17, 15) is 8.42 Å². The normalized spacial score (nSPS) is 11.8.